The lowest BCUT2D eigenvalue weighted by Gasteiger charge is -2.27. The van der Waals surface area contributed by atoms with Crippen LogP contribution in [0.5, 0.6) is 0 Å². The van der Waals surface area contributed by atoms with Crippen molar-refractivity contribution in [2.75, 3.05) is 91.2 Å². The second-order valence-electron chi connectivity index (χ2n) is 15.9. The molecule has 63 heavy (non-hydrogen) atoms. The fraction of sp³-hybridized carbons (Fsp3) is 0.745. The third kappa shape index (κ3) is 23.1. The molecule has 3 rings (SSSR count). The molecule has 16 nitrogen and oxygen atoms in total. The Kier molecular flexibility index (Phi) is 29.4. The zero-order valence-corrected chi connectivity index (χ0v) is 37.9. The zero-order valence-electron chi connectivity index (χ0n) is 37.9. The number of hydrogen-bond donors (Lipinski definition) is 2. The molecule has 2 aliphatic rings. The Morgan fingerprint density at radius 3 is 1.60 bits per heavy atom. The van der Waals surface area contributed by atoms with Crippen molar-refractivity contribution >= 4 is 41.2 Å². The summed E-state index contributed by atoms with van der Waals surface area (Å²) in [6, 6.07) is 3.53. The first kappa shape index (κ1) is 53.5. The molecule has 0 aromatic heterocycles. The number of rotatable bonds is 40. The van der Waals surface area contributed by atoms with E-state index in [0.29, 0.717) is 92.1 Å². The largest absolute Gasteiger partial charge is 0.463 e. The maximum atomic E-state index is 13.2. The number of benzene rings is 1. The van der Waals surface area contributed by atoms with Gasteiger partial charge >= 0.3 is 5.97 Å². The normalized spacial score (nSPS) is 14.9. The van der Waals surface area contributed by atoms with Crippen LogP contribution in [-0.2, 0) is 52.3 Å². The molecule has 1 atom stereocenters. The highest BCUT2D eigenvalue weighted by Crippen LogP contribution is 2.32. The molecule has 1 aromatic rings. The fourth-order valence-corrected chi connectivity index (χ4v) is 7.27. The molecule has 2 N–H and O–H groups in total. The standard InChI is InChI=1S/C47H75N3O13/c1-2-3-4-5-6-7-8-9-10-11-12-13-16-22-43(53)63-37-36-62-35-34-61-33-32-60-31-30-59-29-28-58-27-26-57-25-17-14-15-21-41(51)48-39-20-18-19-38-44(39)47(56)50(46(38)55)40-23-24-42(52)49-45(40)54/h18-20,40H,2-17,21-37H2,1H3,(H,48,51)(H,49,52,54). The lowest BCUT2D eigenvalue weighted by molar-refractivity contribution is -0.145. The maximum Gasteiger partial charge on any atom is 0.305 e. The lowest BCUT2D eigenvalue weighted by atomic mass is 10.0. The van der Waals surface area contributed by atoms with Gasteiger partial charge in [-0.2, -0.15) is 0 Å². The fourth-order valence-electron chi connectivity index (χ4n) is 7.27. The van der Waals surface area contributed by atoms with E-state index in [-0.39, 0.29) is 54.6 Å². The van der Waals surface area contributed by atoms with Crippen molar-refractivity contribution in [1.82, 2.24) is 10.2 Å². The van der Waals surface area contributed by atoms with Gasteiger partial charge in [-0.15, -0.1) is 0 Å². The third-order valence-corrected chi connectivity index (χ3v) is 10.8. The van der Waals surface area contributed by atoms with E-state index in [1.54, 1.807) is 12.1 Å². The predicted octanol–water partition coefficient (Wildman–Crippen LogP) is 6.71. The first-order chi connectivity index (χ1) is 30.8. The van der Waals surface area contributed by atoms with Gasteiger partial charge in [-0.1, -0.05) is 96.5 Å². The van der Waals surface area contributed by atoms with Crippen LogP contribution in [-0.4, -0.2) is 132 Å². The van der Waals surface area contributed by atoms with E-state index >= 15 is 0 Å². The highest BCUT2D eigenvalue weighted by Gasteiger charge is 2.45. The summed E-state index contributed by atoms with van der Waals surface area (Å²) in [4.78, 5) is 75.5. The van der Waals surface area contributed by atoms with Gasteiger partial charge in [-0.3, -0.25) is 39.0 Å². The lowest BCUT2D eigenvalue weighted by Crippen LogP contribution is -2.54. The van der Waals surface area contributed by atoms with Crippen molar-refractivity contribution in [3.63, 3.8) is 0 Å². The van der Waals surface area contributed by atoms with Gasteiger partial charge in [0.1, 0.15) is 12.6 Å². The van der Waals surface area contributed by atoms with Gasteiger partial charge in [0.25, 0.3) is 11.8 Å². The summed E-state index contributed by atoms with van der Waals surface area (Å²) >= 11 is 0. The van der Waals surface area contributed by atoms with Crippen molar-refractivity contribution in [2.24, 2.45) is 0 Å². The summed E-state index contributed by atoms with van der Waals surface area (Å²) in [5.41, 5.74) is 0.383. The Labute approximate surface area is 374 Å². The molecule has 0 aliphatic carbocycles. The summed E-state index contributed by atoms with van der Waals surface area (Å²) in [6.45, 7) is 7.88. The highest BCUT2D eigenvalue weighted by atomic mass is 16.6. The van der Waals surface area contributed by atoms with Crippen molar-refractivity contribution in [3.8, 4) is 0 Å². The number of carbonyl (C=O) groups is 6. The average Bonchev–Trinajstić information content (AvgIpc) is 3.52. The SMILES string of the molecule is CCCCCCCCCCCCCCCC(=O)OCCOCCOCCOCCOCCOCCOCCCCCC(=O)Nc1cccc2c1C(=O)N(C1CCC(=O)NC1=O)C2=O. The molecule has 2 heterocycles. The molecular weight excluding hydrogens is 815 g/mol. The summed E-state index contributed by atoms with van der Waals surface area (Å²) in [5, 5.41) is 4.91. The second kappa shape index (κ2) is 34.6. The Bertz CT molecular complexity index is 1490. The van der Waals surface area contributed by atoms with E-state index in [1.165, 1.54) is 76.7 Å². The van der Waals surface area contributed by atoms with Crippen molar-refractivity contribution < 1.29 is 61.9 Å². The molecule has 16 heteroatoms. The number of carbonyl (C=O) groups excluding carboxylic acids is 6. The zero-order chi connectivity index (χ0) is 45.2. The Balaban J connectivity index is 1.00. The van der Waals surface area contributed by atoms with E-state index in [1.807, 2.05) is 0 Å². The van der Waals surface area contributed by atoms with Gasteiger partial charge in [0.15, 0.2) is 0 Å². The summed E-state index contributed by atoms with van der Waals surface area (Å²) in [5.74, 6) is -2.86. The van der Waals surface area contributed by atoms with E-state index in [9.17, 15) is 28.8 Å². The summed E-state index contributed by atoms with van der Waals surface area (Å²) in [7, 11) is 0. The van der Waals surface area contributed by atoms with Crippen LogP contribution >= 0.6 is 0 Å². The molecule has 1 saturated heterocycles. The van der Waals surface area contributed by atoms with Gasteiger partial charge in [-0.05, 0) is 37.8 Å². The van der Waals surface area contributed by atoms with Crippen LogP contribution in [0.15, 0.2) is 18.2 Å². The summed E-state index contributed by atoms with van der Waals surface area (Å²) in [6.07, 6.45) is 19.6. The minimum Gasteiger partial charge on any atom is -0.463 e. The number of hydrogen-bond acceptors (Lipinski definition) is 13. The second-order valence-corrected chi connectivity index (χ2v) is 15.9. The van der Waals surface area contributed by atoms with E-state index < -0.39 is 29.7 Å². The molecule has 0 spiro atoms. The van der Waals surface area contributed by atoms with Gasteiger partial charge < -0.3 is 38.5 Å². The van der Waals surface area contributed by atoms with Gasteiger partial charge in [0.05, 0.1) is 89.5 Å². The third-order valence-electron chi connectivity index (χ3n) is 10.8. The Hall–Kier alpha value is -3.80. The first-order valence-electron chi connectivity index (χ1n) is 23.6. The van der Waals surface area contributed by atoms with Crippen LogP contribution in [0.1, 0.15) is 156 Å². The molecule has 1 fully saturated rings. The molecular formula is C47H75N3O13. The van der Waals surface area contributed by atoms with E-state index in [4.69, 9.17) is 33.2 Å². The van der Waals surface area contributed by atoms with Crippen molar-refractivity contribution in [2.45, 2.75) is 141 Å². The molecule has 1 unspecified atom stereocenters. The smallest absolute Gasteiger partial charge is 0.305 e. The number of fused-ring (bicyclic) bond motifs is 1. The molecule has 0 bridgehead atoms. The van der Waals surface area contributed by atoms with Crippen LogP contribution < -0.4 is 10.6 Å². The molecule has 5 amide bonds. The average molecular weight is 890 g/mol. The molecule has 1 aromatic carbocycles. The van der Waals surface area contributed by atoms with Crippen LogP contribution in [0, 0.1) is 0 Å². The van der Waals surface area contributed by atoms with Crippen LogP contribution in [0.25, 0.3) is 0 Å². The number of nitrogens with one attached hydrogen (secondary N) is 2. The van der Waals surface area contributed by atoms with Crippen LogP contribution in [0.3, 0.4) is 0 Å². The van der Waals surface area contributed by atoms with E-state index in [0.717, 1.165) is 30.6 Å². The Morgan fingerprint density at radius 1 is 0.587 bits per heavy atom. The number of esters is 1. The maximum absolute atomic E-state index is 13.2. The molecule has 0 radical (unpaired) electrons. The molecule has 2 aliphatic heterocycles. The van der Waals surface area contributed by atoms with E-state index in [2.05, 4.69) is 17.6 Å². The number of piperidine rings is 1. The number of amides is 5. The van der Waals surface area contributed by atoms with Gasteiger partial charge in [0.2, 0.25) is 17.7 Å². The number of imide groups is 2. The highest BCUT2D eigenvalue weighted by molar-refractivity contribution is 6.26. The van der Waals surface area contributed by atoms with Crippen LogP contribution in [0.4, 0.5) is 5.69 Å². The number of nitrogens with zero attached hydrogens (tertiary/aromatic N) is 1. The summed E-state index contributed by atoms with van der Waals surface area (Å²) < 4.78 is 38.4. The van der Waals surface area contributed by atoms with Crippen molar-refractivity contribution in [1.29, 1.82) is 0 Å². The number of ether oxygens (including phenoxy) is 7. The van der Waals surface area contributed by atoms with Crippen molar-refractivity contribution in [3.05, 3.63) is 29.3 Å². The number of unbranched alkanes of at least 4 members (excludes halogenated alkanes) is 14. The topological polar surface area (TPSA) is 194 Å². The van der Waals surface area contributed by atoms with Gasteiger partial charge in [-0.25, -0.2) is 0 Å². The van der Waals surface area contributed by atoms with Gasteiger partial charge in [0, 0.05) is 25.9 Å². The monoisotopic (exact) mass is 890 g/mol. The molecule has 356 valence electrons. The first-order valence-corrected chi connectivity index (χ1v) is 23.6. The number of anilines is 1. The quantitative estimate of drug-likeness (QED) is 0.0402. The predicted molar refractivity (Wildman–Crippen MR) is 236 cm³/mol. The Morgan fingerprint density at radius 2 is 1.06 bits per heavy atom. The minimum atomic E-state index is -1.07. The van der Waals surface area contributed by atoms with Crippen LogP contribution in [0.2, 0.25) is 0 Å². The molecule has 0 saturated carbocycles. The minimum absolute atomic E-state index is 0.0282.